The zero-order chi connectivity index (χ0) is 56.2. The summed E-state index contributed by atoms with van der Waals surface area (Å²) in [6.07, 6.45) is 13.3. The number of aryl methyl sites for hydroxylation is 2. The normalized spacial score (nSPS) is 20.0. The summed E-state index contributed by atoms with van der Waals surface area (Å²) in [7, 11) is -2.52. The Morgan fingerprint density at radius 1 is 0.937 bits per heavy atom. The first kappa shape index (κ1) is 56.6. The predicted molar refractivity (Wildman–Crippen MR) is 298 cm³/mol. The number of nitrogens with one attached hydrogen (secondary N) is 4. The van der Waals surface area contributed by atoms with Crippen molar-refractivity contribution in [3.63, 3.8) is 0 Å². The molecule has 2 aromatic carbocycles. The molecule has 21 nitrogen and oxygen atoms in total. The van der Waals surface area contributed by atoms with Gasteiger partial charge < -0.3 is 40.3 Å². The summed E-state index contributed by atoms with van der Waals surface area (Å²) in [6.45, 7) is 12.2. The minimum absolute atomic E-state index is 0.0827. The van der Waals surface area contributed by atoms with E-state index in [1.54, 1.807) is 50.2 Å². The molecule has 424 valence electrons. The molecule has 5 heterocycles. The van der Waals surface area contributed by atoms with Crippen molar-refractivity contribution in [1.29, 1.82) is 0 Å². The standard InChI is InChI=1S/C57H76N12O9S/c1-34-35(2)65-66-50(34)64-51-43-28-48(79(75,76)57(4,5)6)47(29-45(43)60-33-61-51)77-26-14-15-37-22-24-68(25-23-37)55-58-30-41(31-59-55)78-40-27-46(53(71)62-44-21-13-19-38-16-11-12-20-42(38)44)69(32-40)54(72)49(39-17-9-8-10-18-39)63-52(70)36(3)67(7)56(73)74/h11-12,16,20,28-31,33,36-37,39-40,44,46,49H,8-10,13-15,17-19,21-27,32H2,1-7H3,(H,62,71)(H,63,70)(H,73,74)(H2,60,61,64,65,66)/t36?,40-,44+,46-,49-/m0/s1. The van der Waals surface area contributed by atoms with Crippen LogP contribution in [0.15, 0.2) is 60.0 Å². The van der Waals surface area contributed by atoms with E-state index in [4.69, 9.17) is 19.4 Å². The van der Waals surface area contributed by atoms with Crippen LogP contribution in [0.5, 0.6) is 11.5 Å². The Balaban J connectivity index is 0.826. The monoisotopic (exact) mass is 1100 g/mol. The minimum atomic E-state index is -3.84. The Labute approximate surface area is 462 Å². The Morgan fingerprint density at radius 3 is 2.37 bits per heavy atom. The van der Waals surface area contributed by atoms with Gasteiger partial charge in [-0.2, -0.15) is 5.10 Å². The van der Waals surface area contributed by atoms with Crippen LogP contribution < -0.4 is 30.3 Å². The van der Waals surface area contributed by atoms with Crippen LogP contribution in [0.1, 0.15) is 133 Å². The molecule has 0 bridgehead atoms. The molecule has 79 heavy (non-hydrogen) atoms. The Bertz CT molecular complexity index is 3120. The smallest absolute Gasteiger partial charge is 0.407 e. The Morgan fingerprint density at radius 2 is 1.67 bits per heavy atom. The highest BCUT2D eigenvalue weighted by Gasteiger charge is 2.46. The quantitative estimate of drug-likeness (QED) is 0.0525. The first-order chi connectivity index (χ1) is 37.8. The van der Waals surface area contributed by atoms with Gasteiger partial charge in [0.15, 0.2) is 21.4 Å². The summed E-state index contributed by atoms with van der Waals surface area (Å²) in [5.41, 5.74) is 4.63. The third kappa shape index (κ3) is 12.7. The Hall–Kier alpha value is -7.10. The van der Waals surface area contributed by atoms with Gasteiger partial charge in [-0.25, -0.2) is 33.1 Å². The lowest BCUT2D eigenvalue weighted by Gasteiger charge is -2.36. The van der Waals surface area contributed by atoms with Gasteiger partial charge >= 0.3 is 6.09 Å². The first-order valence-corrected chi connectivity index (χ1v) is 29.4. The number of hydrogen-bond acceptors (Lipinski definition) is 15. The summed E-state index contributed by atoms with van der Waals surface area (Å²) >= 11 is 0. The SMILES string of the molecule is Cc1[nH]nc(Nc2ncnc3cc(OCCCC4CCN(c5ncc(O[C@H]6C[C@@H](C(=O)N[C@@H]7CCCc8ccccc87)N(C(=O)[C@@H](NC(=O)C(C)N(C)C(=O)O)C7CCCCC7)C6)cn5)CC4)c(S(=O)(=O)C(C)(C)C)cc23)c1C. The van der Waals surface area contributed by atoms with Gasteiger partial charge in [0.05, 0.1) is 41.9 Å². The molecule has 4 amide bonds. The van der Waals surface area contributed by atoms with Crippen LogP contribution in [0.2, 0.25) is 0 Å². The molecule has 3 aromatic heterocycles. The van der Waals surface area contributed by atoms with Crippen molar-refractivity contribution in [2.24, 2.45) is 11.8 Å². The van der Waals surface area contributed by atoms with Crippen molar-refractivity contribution in [3.8, 4) is 11.5 Å². The summed E-state index contributed by atoms with van der Waals surface area (Å²) in [4.78, 5) is 77.9. The van der Waals surface area contributed by atoms with E-state index in [-0.39, 0.29) is 47.4 Å². The van der Waals surface area contributed by atoms with Crippen LogP contribution in [0.4, 0.5) is 22.4 Å². The van der Waals surface area contributed by atoms with Gasteiger partial charge in [-0.1, -0.05) is 43.5 Å². The molecule has 2 aliphatic carbocycles. The molecule has 1 saturated carbocycles. The number of hydrogen-bond donors (Lipinski definition) is 5. The first-order valence-electron chi connectivity index (χ1n) is 27.9. The van der Waals surface area contributed by atoms with Crippen LogP contribution in [0.3, 0.4) is 0 Å². The maximum atomic E-state index is 14.9. The van der Waals surface area contributed by atoms with Gasteiger partial charge in [0, 0.05) is 49.3 Å². The van der Waals surface area contributed by atoms with Crippen molar-refractivity contribution in [2.45, 2.75) is 165 Å². The molecule has 1 unspecified atom stereocenters. The molecule has 22 heteroatoms. The van der Waals surface area contributed by atoms with Crippen LogP contribution in [0, 0.1) is 25.7 Å². The number of fused-ring (bicyclic) bond motifs is 2. The number of carboxylic acid groups (broad SMARTS) is 1. The number of likely N-dealkylation sites (N-methyl/N-ethyl adjacent to an activating group) is 1. The highest BCUT2D eigenvalue weighted by atomic mass is 32.2. The van der Waals surface area contributed by atoms with E-state index in [9.17, 15) is 32.7 Å². The number of anilines is 3. The second kappa shape index (κ2) is 24.1. The topological polar surface area (TPSA) is 267 Å². The molecule has 3 fully saturated rings. The average Bonchev–Trinajstić information content (AvgIpc) is 4.10. The van der Waals surface area contributed by atoms with Crippen molar-refractivity contribution in [2.75, 3.05) is 43.5 Å². The van der Waals surface area contributed by atoms with Crippen molar-refractivity contribution >= 4 is 62.1 Å². The zero-order valence-electron chi connectivity index (χ0n) is 46.5. The lowest BCUT2D eigenvalue weighted by atomic mass is 9.83. The number of carbonyl (C=O) groups is 4. The summed E-state index contributed by atoms with van der Waals surface area (Å²) in [5, 5.41) is 26.9. The number of H-pyrrole nitrogens is 1. The Kier molecular flexibility index (Phi) is 17.3. The number of sulfone groups is 1. The van der Waals surface area contributed by atoms with Gasteiger partial charge in [-0.15, -0.1) is 0 Å². The fraction of sp³-hybridized carbons (Fsp3) is 0.561. The number of aromatic amines is 1. The largest absolute Gasteiger partial charge is 0.492 e. The van der Waals surface area contributed by atoms with Crippen LogP contribution in [0.25, 0.3) is 10.9 Å². The summed E-state index contributed by atoms with van der Waals surface area (Å²) in [6, 6.07) is 8.28. The molecule has 5 aromatic rings. The number of rotatable bonds is 18. The molecule has 4 aliphatic rings. The lowest BCUT2D eigenvalue weighted by molar-refractivity contribution is -0.143. The molecule has 5 N–H and O–H groups in total. The lowest BCUT2D eigenvalue weighted by Crippen LogP contribution is -2.58. The van der Waals surface area contributed by atoms with E-state index in [2.05, 4.69) is 47.1 Å². The third-order valence-corrected chi connectivity index (χ3v) is 19.1. The number of nitrogens with zero attached hydrogens (tertiary/aromatic N) is 8. The van der Waals surface area contributed by atoms with Crippen LogP contribution >= 0.6 is 0 Å². The fourth-order valence-electron chi connectivity index (χ4n) is 11.4. The molecule has 0 spiro atoms. The second-order valence-corrected chi connectivity index (χ2v) is 25.5. The van der Waals surface area contributed by atoms with Crippen molar-refractivity contribution in [3.05, 3.63) is 77.5 Å². The minimum Gasteiger partial charge on any atom is -0.492 e. The molecular weight excluding hydrogens is 1030 g/mol. The number of likely N-dealkylation sites (tertiary alicyclic amines) is 1. The number of piperidine rings is 1. The number of amides is 4. The van der Waals surface area contributed by atoms with Gasteiger partial charge in [-0.05, 0) is 128 Å². The molecule has 5 atom stereocenters. The van der Waals surface area contributed by atoms with E-state index in [0.29, 0.717) is 59.6 Å². The van der Waals surface area contributed by atoms with Crippen molar-refractivity contribution < 1.29 is 42.2 Å². The van der Waals surface area contributed by atoms with Gasteiger partial charge in [-0.3, -0.25) is 24.4 Å². The number of benzene rings is 2. The van der Waals surface area contributed by atoms with E-state index in [1.807, 2.05) is 32.0 Å². The average molecular weight is 1110 g/mol. The highest BCUT2D eigenvalue weighted by molar-refractivity contribution is 7.92. The molecule has 2 saturated heterocycles. The maximum Gasteiger partial charge on any atom is 0.407 e. The van der Waals surface area contributed by atoms with E-state index < -0.39 is 50.8 Å². The fourth-order valence-corrected chi connectivity index (χ4v) is 12.7. The summed E-state index contributed by atoms with van der Waals surface area (Å²) in [5.74, 6) is 1.22. The predicted octanol–water partition coefficient (Wildman–Crippen LogP) is 7.76. The number of ether oxygens (including phenoxy) is 2. The molecule has 2 aliphatic heterocycles. The van der Waals surface area contributed by atoms with E-state index >= 15 is 0 Å². The maximum absolute atomic E-state index is 14.9. The zero-order valence-corrected chi connectivity index (χ0v) is 47.3. The number of aromatic nitrogens is 6. The van der Waals surface area contributed by atoms with Crippen LogP contribution in [-0.2, 0) is 30.6 Å². The summed E-state index contributed by atoms with van der Waals surface area (Å²) < 4.78 is 39.8. The van der Waals surface area contributed by atoms with E-state index in [0.717, 1.165) is 99.0 Å². The highest BCUT2D eigenvalue weighted by Crippen LogP contribution is 2.39. The molecular formula is C57H76N12O9S. The molecule has 9 rings (SSSR count). The van der Waals surface area contributed by atoms with E-state index in [1.165, 1.54) is 25.9 Å². The third-order valence-electron chi connectivity index (χ3n) is 16.6. The van der Waals surface area contributed by atoms with Gasteiger partial charge in [0.25, 0.3) is 0 Å². The van der Waals surface area contributed by atoms with Crippen LogP contribution in [-0.4, -0.2) is 140 Å². The van der Waals surface area contributed by atoms with Gasteiger partial charge in [0.1, 0.15) is 47.0 Å². The number of carbonyl (C=O) groups excluding carboxylic acids is 3. The molecule has 0 radical (unpaired) electrons. The van der Waals surface area contributed by atoms with Gasteiger partial charge in [0.2, 0.25) is 23.7 Å². The van der Waals surface area contributed by atoms with Crippen molar-refractivity contribution in [1.82, 2.24) is 50.6 Å². The second-order valence-electron chi connectivity index (χ2n) is 22.8.